The summed E-state index contributed by atoms with van der Waals surface area (Å²) < 4.78 is 0. The highest BCUT2D eigenvalue weighted by Crippen LogP contribution is 2.29. The summed E-state index contributed by atoms with van der Waals surface area (Å²) in [7, 11) is 0. The van der Waals surface area contributed by atoms with E-state index < -0.39 is 0 Å². The number of aromatic nitrogens is 1. The van der Waals surface area contributed by atoms with Gasteiger partial charge in [-0.15, -0.1) is 0 Å². The molecule has 0 amide bonds. The first kappa shape index (κ1) is 94.6. The van der Waals surface area contributed by atoms with Crippen molar-refractivity contribution in [3.8, 4) is 0 Å². The highest BCUT2D eigenvalue weighted by atomic mass is 16.2. The number of rotatable bonds is 10. The van der Waals surface area contributed by atoms with E-state index in [1.165, 1.54) is 81.2 Å². The molecular formula is C70H114N2O13. The molecule has 0 bridgehead atoms. The molecule has 0 aliphatic heterocycles. The summed E-state index contributed by atoms with van der Waals surface area (Å²) in [4.78, 5) is 136. The average Bonchev–Trinajstić information content (AvgIpc) is 4.18. The predicted octanol–water partition coefficient (Wildman–Crippen LogP) is 15.1. The Kier molecular flexibility index (Phi) is 64.2. The van der Waals surface area contributed by atoms with Crippen LogP contribution in [0.1, 0.15) is 255 Å². The minimum absolute atomic E-state index is 0.0584. The number of benzene rings is 2. The van der Waals surface area contributed by atoms with E-state index in [4.69, 9.17) is 5.73 Å². The first-order valence-corrected chi connectivity index (χ1v) is 28.8. The highest BCUT2D eigenvalue weighted by Gasteiger charge is 2.25. The molecule has 2 aromatic carbocycles. The molecule has 0 saturated heterocycles. The normalized spacial score (nSPS) is 11.2. The van der Waals surface area contributed by atoms with E-state index in [9.17, 15) is 62.3 Å². The Morgan fingerprint density at radius 1 is 0.471 bits per heavy atom. The fraction of sp³-hybridized carbons (Fsp3) is 0.571. The summed E-state index contributed by atoms with van der Waals surface area (Å²) in [6, 6.07) is 20.0. The number of pyridine rings is 1. The SMILES string of the molecule is CC(=O)C(C)(C)C.CC(=O)C(C)C.CC(=O)C(N)C(C)C.CC(=O)C1CC1.CC(=O)C1CCC1.CC(=O)CC(C)C.CC(=O)c1ccc(C)cc1.CC(=O)c1ccccc1.CC(=O)c1cccnc1.CC(C)=O.CC(C)=O.CC(C)=O.CC(C)=O. The zero-order valence-electron chi connectivity index (χ0n) is 57.5. The summed E-state index contributed by atoms with van der Waals surface area (Å²) in [6.45, 7) is 46.1. The number of hydrogen-bond donors (Lipinski definition) is 1. The van der Waals surface area contributed by atoms with Crippen molar-refractivity contribution in [2.24, 2.45) is 40.7 Å². The van der Waals surface area contributed by atoms with Crippen molar-refractivity contribution in [2.75, 3.05) is 0 Å². The highest BCUT2D eigenvalue weighted by molar-refractivity contribution is 5.95. The van der Waals surface area contributed by atoms with Gasteiger partial charge in [-0.25, -0.2) is 0 Å². The minimum Gasteiger partial charge on any atom is -0.321 e. The number of Topliss-reactive ketones (excluding diaryl/α,β-unsaturated/α-hetero) is 13. The Morgan fingerprint density at radius 2 is 0.776 bits per heavy atom. The van der Waals surface area contributed by atoms with Gasteiger partial charge in [-0.05, 0) is 174 Å². The van der Waals surface area contributed by atoms with E-state index in [-0.39, 0.29) is 86.9 Å². The van der Waals surface area contributed by atoms with Crippen molar-refractivity contribution < 1.29 is 62.3 Å². The maximum absolute atomic E-state index is 10.8. The molecule has 85 heavy (non-hydrogen) atoms. The van der Waals surface area contributed by atoms with Crippen LogP contribution in [0, 0.1) is 41.9 Å². The number of nitrogens with zero attached hydrogens (tertiary/aromatic N) is 1. The van der Waals surface area contributed by atoms with Gasteiger partial charge in [0.15, 0.2) is 17.3 Å². The molecule has 2 N–H and O–H groups in total. The number of carbonyl (C=O) groups is 13. The van der Waals surface area contributed by atoms with Crippen LogP contribution in [0.25, 0.3) is 0 Å². The van der Waals surface area contributed by atoms with E-state index in [0.717, 1.165) is 43.2 Å². The van der Waals surface area contributed by atoms with Gasteiger partial charge in [0.1, 0.15) is 57.8 Å². The second kappa shape index (κ2) is 57.7. The second-order valence-electron chi connectivity index (χ2n) is 23.2. The maximum atomic E-state index is 10.8. The van der Waals surface area contributed by atoms with Gasteiger partial charge in [-0.2, -0.15) is 0 Å². The quantitative estimate of drug-likeness (QED) is 0.185. The molecule has 2 aliphatic carbocycles. The van der Waals surface area contributed by atoms with Gasteiger partial charge in [-0.3, -0.25) is 43.3 Å². The first-order valence-electron chi connectivity index (χ1n) is 28.8. The molecule has 0 spiro atoms. The zero-order valence-corrected chi connectivity index (χ0v) is 57.5. The number of hydrogen-bond acceptors (Lipinski definition) is 15. The summed E-state index contributed by atoms with van der Waals surface area (Å²) in [5.41, 5.74) is 8.68. The predicted molar refractivity (Wildman–Crippen MR) is 348 cm³/mol. The molecular weight excluding hydrogens is 1080 g/mol. The second-order valence-corrected chi connectivity index (χ2v) is 23.2. The number of aryl methyl sites for hydroxylation is 1. The smallest absolute Gasteiger partial charge is 0.161 e. The Balaban J connectivity index is -0.000000127. The molecule has 3 aromatic rings. The topological polar surface area (TPSA) is 261 Å². The van der Waals surface area contributed by atoms with Gasteiger partial charge < -0.3 is 29.7 Å². The molecule has 1 heterocycles. The van der Waals surface area contributed by atoms with Crippen LogP contribution in [0.3, 0.4) is 0 Å². The lowest BCUT2D eigenvalue weighted by Gasteiger charge is -2.21. The maximum Gasteiger partial charge on any atom is 0.161 e. The average molecular weight is 1190 g/mol. The molecule has 15 heteroatoms. The summed E-state index contributed by atoms with van der Waals surface area (Å²) in [5, 5.41) is 0. The van der Waals surface area contributed by atoms with Crippen LogP contribution in [0.15, 0.2) is 79.1 Å². The largest absolute Gasteiger partial charge is 0.321 e. The van der Waals surface area contributed by atoms with Crippen LogP contribution in [0.5, 0.6) is 0 Å². The van der Waals surface area contributed by atoms with Crippen LogP contribution in [-0.4, -0.2) is 86.2 Å². The lowest BCUT2D eigenvalue weighted by Crippen LogP contribution is -2.33. The minimum atomic E-state index is -0.269. The lowest BCUT2D eigenvalue weighted by atomic mass is 9.83. The van der Waals surface area contributed by atoms with Crippen molar-refractivity contribution >= 4 is 75.2 Å². The Labute approximate surface area is 514 Å². The number of nitrogens with two attached hydrogens (primary N) is 1. The number of carbonyl (C=O) groups excluding carboxylic acids is 13. The van der Waals surface area contributed by atoms with Gasteiger partial charge in [0.25, 0.3) is 0 Å². The molecule has 1 atom stereocenters. The summed E-state index contributed by atoms with van der Waals surface area (Å²) in [6.07, 6.45) is 9.79. The van der Waals surface area contributed by atoms with Gasteiger partial charge in [-0.1, -0.05) is 129 Å². The molecule has 1 aromatic heterocycles. The lowest BCUT2D eigenvalue weighted by molar-refractivity contribution is -0.124. The summed E-state index contributed by atoms with van der Waals surface area (Å²) >= 11 is 0. The molecule has 2 aliphatic rings. The molecule has 0 radical (unpaired) electrons. The molecule has 2 saturated carbocycles. The first-order chi connectivity index (χ1) is 38.6. The van der Waals surface area contributed by atoms with Crippen LogP contribution >= 0.6 is 0 Å². The molecule has 2 fully saturated rings. The van der Waals surface area contributed by atoms with Gasteiger partial charge >= 0.3 is 0 Å². The van der Waals surface area contributed by atoms with E-state index in [2.05, 4.69) is 4.98 Å². The van der Waals surface area contributed by atoms with Crippen molar-refractivity contribution in [3.05, 3.63) is 101 Å². The van der Waals surface area contributed by atoms with Gasteiger partial charge in [0.2, 0.25) is 0 Å². The standard InChI is InChI=1S/C9H10O.C8H8O.C7H7NO.C6H13NO.C6H10O.2C6H12O.C5H8O.C5H10O.4C3H6O/c1-7-3-5-9(6-4-7)8(2)10;1-7(9)8-5-3-2-4-6-8;1-6(9)7-3-2-4-8-5-7;1-4(2)6(7)5(3)8;1-5(7)6-3-2-4-6;1-5(7)6(2,3)4;1-5(2)4-6(3)7;1-4(6)5-2-3-5;1-4(2)5(3)6;4*1-3(2)4/h3-6H,1-2H3;2-6H,1H3;2-5H,1H3;4,6H,7H2,1-3H3;6H,2-4H2,1H3;1-4H3;5H,4H2,1-3H3;5H,2-3H2,1H3;4H,1-3H3;4*1-2H3. The van der Waals surface area contributed by atoms with E-state index in [0.29, 0.717) is 34.9 Å². The van der Waals surface area contributed by atoms with Crippen LogP contribution in [0.2, 0.25) is 0 Å². The summed E-state index contributed by atoms with van der Waals surface area (Å²) in [5.74, 6) is 4.50. The Bertz CT molecular complexity index is 2240. The zero-order chi connectivity index (χ0) is 68.9. The third-order valence-electron chi connectivity index (χ3n) is 10.3. The molecule has 5 rings (SSSR count). The van der Waals surface area contributed by atoms with Crippen LogP contribution < -0.4 is 5.73 Å². The van der Waals surface area contributed by atoms with Crippen molar-refractivity contribution in [1.29, 1.82) is 0 Å². The van der Waals surface area contributed by atoms with Crippen molar-refractivity contribution in [1.82, 2.24) is 4.98 Å². The van der Waals surface area contributed by atoms with Crippen LogP contribution in [0.4, 0.5) is 0 Å². The fourth-order valence-corrected chi connectivity index (χ4v) is 4.38. The van der Waals surface area contributed by atoms with E-state index in [1.54, 1.807) is 73.0 Å². The fourth-order valence-electron chi connectivity index (χ4n) is 4.38. The van der Waals surface area contributed by atoms with Crippen LogP contribution in [-0.2, 0) is 47.9 Å². The monoisotopic (exact) mass is 1190 g/mol. The third kappa shape index (κ3) is 88.6. The Hall–Kier alpha value is -6.74. The molecule has 15 nitrogen and oxygen atoms in total. The number of ketones is 13. The van der Waals surface area contributed by atoms with E-state index in [1.807, 2.05) is 124 Å². The van der Waals surface area contributed by atoms with E-state index >= 15 is 0 Å². The molecule has 482 valence electrons. The van der Waals surface area contributed by atoms with Crippen molar-refractivity contribution in [3.63, 3.8) is 0 Å². The van der Waals surface area contributed by atoms with Crippen molar-refractivity contribution in [2.45, 2.75) is 232 Å². The molecule has 1 unspecified atom stereocenters. The van der Waals surface area contributed by atoms with Gasteiger partial charge in [0.05, 0.1) is 6.04 Å². The third-order valence-corrected chi connectivity index (χ3v) is 10.3. The van der Waals surface area contributed by atoms with Gasteiger partial charge in [0, 0.05) is 58.7 Å². The Morgan fingerprint density at radius 3 is 0.894 bits per heavy atom.